The van der Waals surface area contributed by atoms with Crippen LogP contribution in [0.4, 0.5) is 0 Å². The molecule has 1 aliphatic carbocycles. The van der Waals surface area contributed by atoms with Crippen LogP contribution in [0.25, 0.3) is 0 Å². The Hall–Kier alpha value is -1.12. The number of rotatable bonds is 8. The summed E-state index contributed by atoms with van der Waals surface area (Å²) < 4.78 is 0. The van der Waals surface area contributed by atoms with Crippen LogP contribution >= 0.6 is 0 Å². The lowest BCUT2D eigenvalue weighted by Gasteiger charge is -2.39. The second-order valence-electron chi connectivity index (χ2n) is 11.9. The molecule has 0 radical (unpaired) electrons. The van der Waals surface area contributed by atoms with Crippen LogP contribution in [0.3, 0.4) is 0 Å². The summed E-state index contributed by atoms with van der Waals surface area (Å²) in [5.41, 5.74) is 8.94. The molecule has 3 rings (SSSR count). The number of aliphatic hydroxyl groups excluding tert-OH is 1. The molecule has 33 heavy (non-hydrogen) atoms. The van der Waals surface area contributed by atoms with Gasteiger partial charge in [-0.25, -0.2) is 0 Å². The van der Waals surface area contributed by atoms with Crippen LogP contribution < -0.4 is 0 Å². The summed E-state index contributed by atoms with van der Waals surface area (Å²) in [6.45, 7) is 18.7. The van der Waals surface area contributed by atoms with Gasteiger partial charge >= 0.3 is 0 Å². The average Bonchev–Trinajstić information content (AvgIpc) is 3.60. The fraction of sp³-hybridized carbons (Fsp3) is 0.724. The van der Waals surface area contributed by atoms with Crippen molar-refractivity contribution in [1.29, 1.82) is 0 Å². The molecular weight excluding hydrogens is 422 g/mol. The quantitative estimate of drug-likeness (QED) is 0.358. The van der Waals surface area contributed by atoms with E-state index in [0.717, 1.165) is 32.5 Å². The standard InChI is InChI=1S/C29H47NO2Si/c1-21(2)33(22(3)4,23(5)6)16-14-24-10-11-26(28(17-24)25-12-13-25)18-30-15-8-9-27(19-30)29(7,32)20-31/h10-11,17,21-23,25,27,31-32H,8-9,12-13,15,18-20H2,1-7H3/t27-,29+/m0/s1. The molecule has 184 valence electrons. The first-order valence-corrected chi connectivity index (χ1v) is 15.5. The fourth-order valence-corrected chi connectivity index (χ4v) is 11.5. The molecule has 1 heterocycles. The van der Waals surface area contributed by atoms with E-state index in [2.05, 4.69) is 76.1 Å². The first-order chi connectivity index (χ1) is 15.5. The van der Waals surface area contributed by atoms with Crippen molar-refractivity contribution in [3.05, 3.63) is 34.9 Å². The molecule has 0 unspecified atom stereocenters. The topological polar surface area (TPSA) is 43.7 Å². The van der Waals surface area contributed by atoms with Crippen LogP contribution in [-0.4, -0.2) is 48.5 Å². The molecule has 1 aromatic rings. The smallest absolute Gasteiger partial charge is 0.146 e. The molecule has 1 saturated heterocycles. The maximum Gasteiger partial charge on any atom is 0.146 e. The summed E-state index contributed by atoms with van der Waals surface area (Å²) in [5, 5.41) is 20.2. The van der Waals surface area contributed by atoms with Crippen LogP contribution in [-0.2, 0) is 6.54 Å². The van der Waals surface area contributed by atoms with Gasteiger partial charge < -0.3 is 10.2 Å². The highest BCUT2D eigenvalue weighted by molar-refractivity contribution is 6.90. The van der Waals surface area contributed by atoms with E-state index in [1.54, 1.807) is 6.92 Å². The molecule has 2 N–H and O–H groups in total. The van der Waals surface area contributed by atoms with E-state index in [-0.39, 0.29) is 12.5 Å². The van der Waals surface area contributed by atoms with Crippen molar-refractivity contribution >= 4 is 8.07 Å². The molecule has 0 amide bonds. The summed E-state index contributed by atoms with van der Waals surface area (Å²) in [4.78, 5) is 2.47. The zero-order chi connectivity index (χ0) is 24.4. The van der Waals surface area contributed by atoms with Crippen LogP contribution in [0.5, 0.6) is 0 Å². The van der Waals surface area contributed by atoms with E-state index in [4.69, 9.17) is 0 Å². The fourth-order valence-electron chi connectivity index (χ4n) is 6.28. The third-order valence-corrected chi connectivity index (χ3v) is 14.8. The lowest BCUT2D eigenvalue weighted by atomic mass is 9.83. The number of benzene rings is 1. The van der Waals surface area contributed by atoms with Crippen LogP contribution in [0.15, 0.2) is 18.2 Å². The number of piperidine rings is 1. The van der Waals surface area contributed by atoms with Gasteiger partial charge in [-0.3, -0.25) is 4.90 Å². The molecule has 4 heteroatoms. The predicted octanol–water partition coefficient (Wildman–Crippen LogP) is 6.09. The summed E-state index contributed by atoms with van der Waals surface area (Å²) in [6.07, 6.45) is 4.64. The van der Waals surface area contributed by atoms with E-state index in [1.807, 2.05) is 0 Å². The van der Waals surface area contributed by atoms with E-state index < -0.39 is 13.7 Å². The van der Waals surface area contributed by atoms with Crippen molar-refractivity contribution in [3.8, 4) is 11.5 Å². The minimum absolute atomic E-state index is 0.131. The largest absolute Gasteiger partial charge is 0.393 e. The van der Waals surface area contributed by atoms with Crippen molar-refractivity contribution in [3.63, 3.8) is 0 Å². The Bertz CT molecular complexity index is 838. The molecule has 0 bridgehead atoms. The minimum atomic E-state index is -1.73. The molecule has 0 aromatic heterocycles. The van der Waals surface area contributed by atoms with E-state index in [9.17, 15) is 10.2 Å². The highest BCUT2D eigenvalue weighted by Crippen LogP contribution is 2.43. The lowest BCUT2D eigenvalue weighted by molar-refractivity contribution is -0.0697. The average molecular weight is 470 g/mol. The zero-order valence-electron chi connectivity index (χ0n) is 22.1. The van der Waals surface area contributed by atoms with E-state index in [1.165, 1.54) is 29.5 Å². The molecule has 0 spiro atoms. The van der Waals surface area contributed by atoms with Crippen LogP contribution in [0.2, 0.25) is 16.6 Å². The molecule has 1 aromatic carbocycles. The number of aliphatic hydroxyl groups is 2. The molecular formula is C29H47NO2Si. The van der Waals surface area contributed by atoms with Crippen molar-refractivity contribution in [2.75, 3.05) is 19.7 Å². The Labute approximate surface area is 204 Å². The Morgan fingerprint density at radius 2 is 1.70 bits per heavy atom. The number of hydrogen-bond donors (Lipinski definition) is 2. The molecule has 2 fully saturated rings. The molecule has 3 nitrogen and oxygen atoms in total. The Kier molecular flexibility index (Phi) is 8.54. The zero-order valence-corrected chi connectivity index (χ0v) is 23.1. The molecule has 2 aliphatic rings. The first-order valence-electron chi connectivity index (χ1n) is 13.2. The summed E-state index contributed by atoms with van der Waals surface area (Å²) >= 11 is 0. The van der Waals surface area contributed by atoms with Gasteiger partial charge in [-0.2, -0.15) is 0 Å². The van der Waals surface area contributed by atoms with Crippen molar-refractivity contribution in [2.24, 2.45) is 5.92 Å². The maximum absolute atomic E-state index is 10.6. The minimum Gasteiger partial charge on any atom is -0.393 e. The predicted molar refractivity (Wildman–Crippen MR) is 142 cm³/mol. The van der Waals surface area contributed by atoms with Gasteiger partial charge in [0.15, 0.2) is 0 Å². The van der Waals surface area contributed by atoms with Crippen molar-refractivity contribution in [1.82, 2.24) is 4.90 Å². The molecule has 2 atom stereocenters. The van der Waals surface area contributed by atoms with Gasteiger partial charge in [0.1, 0.15) is 8.07 Å². The Morgan fingerprint density at radius 3 is 2.24 bits per heavy atom. The number of hydrogen-bond acceptors (Lipinski definition) is 3. The number of nitrogens with zero attached hydrogens (tertiary/aromatic N) is 1. The SMILES string of the molecule is CC(C)[Si](C#Cc1ccc(CN2CCC[C@H]([C@](C)(O)CO)C2)c(C2CC2)c1)(C(C)C)C(C)C. The van der Waals surface area contributed by atoms with Gasteiger partial charge in [0.05, 0.1) is 12.2 Å². The van der Waals surface area contributed by atoms with Gasteiger partial charge in [-0.15, -0.1) is 5.54 Å². The first kappa shape index (κ1) is 26.5. The summed E-state index contributed by atoms with van der Waals surface area (Å²) in [5.74, 6) is 4.47. The van der Waals surface area contributed by atoms with E-state index in [0.29, 0.717) is 22.5 Å². The molecule has 1 saturated carbocycles. The van der Waals surface area contributed by atoms with Crippen molar-refractivity contribution < 1.29 is 10.2 Å². The van der Waals surface area contributed by atoms with Gasteiger partial charge in [0.25, 0.3) is 0 Å². The highest BCUT2D eigenvalue weighted by atomic mass is 28.3. The summed E-state index contributed by atoms with van der Waals surface area (Å²) in [7, 11) is -1.73. The number of likely N-dealkylation sites (tertiary alicyclic amines) is 1. The van der Waals surface area contributed by atoms with E-state index >= 15 is 0 Å². The second kappa shape index (κ2) is 10.6. The van der Waals surface area contributed by atoms with Gasteiger partial charge in [-0.1, -0.05) is 53.5 Å². The Balaban J connectivity index is 1.84. The normalized spacial score (nSPS) is 21.9. The van der Waals surface area contributed by atoms with Gasteiger partial charge in [0.2, 0.25) is 0 Å². The maximum atomic E-state index is 10.6. The molecule has 1 aliphatic heterocycles. The lowest BCUT2D eigenvalue weighted by Crippen LogP contribution is -2.48. The third kappa shape index (κ3) is 5.93. The van der Waals surface area contributed by atoms with Crippen molar-refractivity contribution in [2.45, 2.75) is 109 Å². The van der Waals surface area contributed by atoms with Crippen LogP contribution in [0.1, 0.15) is 96.8 Å². The van der Waals surface area contributed by atoms with Gasteiger partial charge in [0, 0.05) is 24.6 Å². The second-order valence-corrected chi connectivity index (χ2v) is 17.5. The highest BCUT2D eigenvalue weighted by Gasteiger charge is 2.41. The Morgan fingerprint density at radius 1 is 1.06 bits per heavy atom. The third-order valence-electron chi connectivity index (χ3n) is 8.55. The monoisotopic (exact) mass is 469 g/mol. The van der Waals surface area contributed by atoms with Gasteiger partial charge in [-0.05, 0) is 85.0 Å². The van der Waals surface area contributed by atoms with Crippen LogP contribution in [0, 0.1) is 17.4 Å². The summed E-state index contributed by atoms with van der Waals surface area (Å²) in [6, 6.07) is 6.93.